The van der Waals surface area contributed by atoms with E-state index in [-0.39, 0.29) is 22.4 Å². The number of aromatic amines is 1. The second-order valence-electron chi connectivity index (χ2n) is 6.80. The Morgan fingerprint density at radius 3 is 2.45 bits per heavy atom. The number of anilines is 1. The van der Waals surface area contributed by atoms with Crippen LogP contribution in [0, 0.1) is 5.92 Å². The second-order valence-corrected chi connectivity index (χ2v) is 9.88. The highest BCUT2D eigenvalue weighted by Crippen LogP contribution is 2.54. The van der Waals surface area contributed by atoms with Gasteiger partial charge in [-0.2, -0.15) is 0 Å². The summed E-state index contributed by atoms with van der Waals surface area (Å²) in [6, 6.07) is 13.7. The zero-order valence-electron chi connectivity index (χ0n) is 14.7. The van der Waals surface area contributed by atoms with Gasteiger partial charge in [0.2, 0.25) is 11.8 Å². The monoisotopic (exact) mass is 488 g/mol. The lowest BCUT2D eigenvalue weighted by atomic mass is 9.82. The Morgan fingerprint density at radius 2 is 1.72 bits per heavy atom. The molecule has 2 amide bonds. The average Bonchev–Trinajstić information content (AvgIpc) is 3.19. The molecule has 0 saturated carbocycles. The van der Waals surface area contributed by atoms with E-state index < -0.39 is 17.1 Å². The van der Waals surface area contributed by atoms with E-state index in [1.165, 1.54) is 16.7 Å². The molecule has 1 saturated heterocycles. The fourth-order valence-electron chi connectivity index (χ4n) is 3.95. The molecule has 0 spiro atoms. The standard InChI is InChI=1S/C20H13BrN2O4S2/c21-9-5-7-10(8-6-9)23-18(25)14-13(11-3-1-2-4-12(11)24)15-17(22-20(27)29-15)28-16(14)19(23)26/h1-8,13-14,16,24H,(H,22,27)/t13-,14?,16?/m1/s1. The van der Waals surface area contributed by atoms with Crippen molar-refractivity contribution in [3.63, 3.8) is 0 Å². The Balaban J connectivity index is 1.67. The van der Waals surface area contributed by atoms with Gasteiger partial charge in [0.15, 0.2) is 0 Å². The Morgan fingerprint density at radius 1 is 1.00 bits per heavy atom. The van der Waals surface area contributed by atoms with Gasteiger partial charge in [0.1, 0.15) is 11.0 Å². The number of halogens is 1. The Bertz CT molecular complexity index is 1200. The lowest BCUT2D eigenvalue weighted by Crippen LogP contribution is -2.32. The van der Waals surface area contributed by atoms with Crippen molar-refractivity contribution in [3.8, 4) is 5.75 Å². The molecule has 0 radical (unpaired) electrons. The van der Waals surface area contributed by atoms with E-state index in [9.17, 15) is 19.5 Å². The van der Waals surface area contributed by atoms with E-state index in [0.717, 1.165) is 15.8 Å². The van der Waals surface area contributed by atoms with Crippen molar-refractivity contribution in [2.24, 2.45) is 5.92 Å². The summed E-state index contributed by atoms with van der Waals surface area (Å²) in [7, 11) is 0. The van der Waals surface area contributed by atoms with Crippen molar-refractivity contribution in [2.75, 3.05) is 4.90 Å². The second kappa shape index (κ2) is 6.86. The van der Waals surface area contributed by atoms with Crippen molar-refractivity contribution in [3.05, 3.63) is 73.1 Å². The van der Waals surface area contributed by atoms with Crippen LogP contribution in [0.25, 0.3) is 0 Å². The predicted molar refractivity (Wildman–Crippen MR) is 115 cm³/mol. The van der Waals surface area contributed by atoms with Crippen LogP contribution >= 0.6 is 39.0 Å². The molecule has 0 aliphatic carbocycles. The normalized spacial score (nSPS) is 23.2. The van der Waals surface area contributed by atoms with E-state index in [1.807, 2.05) is 0 Å². The van der Waals surface area contributed by atoms with Crippen LogP contribution < -0.4 is 9.77 Å². The fraction of sp³-hybridized carbons (Fsp3) is 0.150. The molecule has 0 bridgehead atoms. The third kappa shape index (κ3) is 2.87. The summed E-state index contributed by atoms with van der Waals surface area (Å²) in [4.78, 5) is 43.2. The highest BCUT2D eigenvalue weighted by atomic mass is 79.9. The first-order valence-corrected chi connectivity index (χ1v) is 11.3. The van der Waals surface area contributed by atoms with Crippen LogP contribution in [0.4, 0.5) is 5.69 Å². The summed E-state index contributed by atoms with van der Waals surface area (Å²) in [5, 5.41) is 10.4. The maximum atomic E-state index is 13.5. The summed E-state index contributed by atoms with van der Waals surface area (Å²) in [5.41, 5.74) is 1.05. The van der Waals surface area contributed by atoms with Gasteiger partial charge in [0, 0.05) is 20.8 Å². The van der Waals surface area contributed by atoms with E-state index in [4.69, 9.17) is 0 Å². The van der Waals surface area contributed by atoms with Crippen LogP contribution in [0.5, 0.6) is 5.75 Å². The van der Waals surface area contributed by atoms with Gasteiger partial charge in [-0.1, -0.05) is 57.2 Å². The maximum Gasteiger partial charge on any atom is 0.305 e. The number of nitrogens with one attached hydrogen (secondary N) is 1. The summed E-state index contributed by atoms with van der Waals surface area (Å²) < 4.78 is 0.846. The molecule has 1 fully saturated rings. The number of hydrogen-bond donors (Lipinski definition) is 2. The number of aromatic nitrogens is 1. The first-order valence-electron chi connectivity index (χ1n) is 8.76. The summed E-state index contributed by atoms with van der Waals surface area (Å²) >= 11 is 5.60. The van der Waals surface area contributed by atoms with Crippen LogP contribution in [0.15, 0.2) is 62.8 Å². The Kier molecular flexibility index (Phi) is 4.41. The lowest BCUT2D eigenvalue weighted by Gasteiger charge is -2.30. The van der Waals surface area contributed by atoms with Gasteiger partial charge >= 0.3 is 4.87 Å². The Labute approximate surface area is 181 Å². The van der Waals surface area contributed by atoms with Gasteiger partial charge in [0.25, 0.3) is 0 Å². The topological polar surface area (TPSA) is 90.5 Å². The van der Waals surface area contributed by atoms with Crippen LogP contribution in [0.1, 0.15) is 16.4 Å². The maximum absolute atomic E-state index is 13.5. The number of carbonyl (C=O) groups excluding carboxylic acids is 2. The van der Waals surface area contributed by atoms with Gasteiger partial charge in [-0.15, -0.1) is 0 Å². The van der Waals surface area contributed by atoms with Crippen LogP contribution in [0.2, 0.25) is 0 Å². The number of thioether (sulfide) groups is 1. The Hall–Kier alpha value is -2.36. The number of amides is 2. The smallest absolute Gasteiger partial charge is 0.305 e. The number of fused-ring (bicyclic) bond motifs is 2. The van der Waals surface area contributed by atoms with Gasteiger partial charge < -0.3 is 10.1 Å². The van der Waals surface area contributed by atoms with Crippen molar-refractivity contribution in [1.29, 1.82) is 0 Å². The summed E-state index contributed by atoms with van der Waals surface area (Å²) in [6.07, 6.45) is 0. The molecular weight excluding hydrogens is 476 g/mol. The number of para-hydroxylation sites is 1. The molecular formula is C20H13BrN2O4S2. The van der Waals surface area contributed by atoms with Crippen molar-refractivity contribution < 1.29 is 14.7 Å². The molecule has 146 valence electrons. The molecule has 2 N–H and O–H groups in total. The molecule has 2 unspecified atom stereocenters. The first-order chi connectivity index (χ1) is 14.0. The van der Waals surface area contributed by atoms with E-state index in [0.29, 0.717) is 21.2 Å². The number of phenolic OH excluding ortho intramolecular Hbond substituents is 1. The minimum absolute atomic E-state index is 0.0392. The molecule has 6 nitrogen and oxygen atoms in total. The van der Waals surface area contributed by atoms with E-state index in [1.54, 1.807) is 48.5 Å². The molecule has 9 heteroatoms. The molecule has 3 atom stereocenters. The third-order valence-corrected chi connectivity index (χ3v) is 8.11. The molecule has 3 aromatic rings. The zero-order valence-corrected chi connectivity index (χ0v) is 17.9. The number of nitrogens with zero attached hydrogens (tertiary/aromatic N) is 1. The summed E-state index contributed by atoms with van der Waals surface area (Å²) in [6.45, 7) is 0. The molecule has 29 heavy (non-hydrogen) atoms. The molecule has 5 rings (SSSR count). The first kappa shape index (κ1) is 18.7. The molecule has 2 aromatic carbocycles. The molecule has 1 aromatic heterocycles. The lowest BCUT2D eigenvalue weighted by molar-refractivity contribution is -0.122. The molecule has 2 aliphatic heterocycles. The predicted octanol–water partition coefficient (Wildman–Crippen LogP) is 3.70. The number of imide groups is 1. The number of H-pyrrole nitrogens is 1. The highest BCUT2D eigenvalue weighted by Gasteiger charge is 2.56. The van der Waals surface area contributed by atoms with Gasteiger partial charge in [-0.05, 0) is 30.3 Å². The number of aromatic hydroxyl groups is 1. The van der Waals surface area contributed by atoms with Gasteiger partial charge in [-0.3, -0.25) is 14.4 Å². The quantitative estimate of drug-likeness (QED) is 0.536. The van der Waals surface area contributed by atoms with Crippen molar-refractivity contribution >= 4 is 56.5 Å². The minimum atomic E-state index is -0.705. The summed E-state index contributed by atoms with van der Waals surface area (Å²) in [5.74, 6) is -1.88. The fourth-order valence-corrected chi connectivity index (χ4v) is 6.72. The van der Waals surface area contributed by atoms with Gasteiger partial charge in [-0.25, -0.2) is 4.90 Å². The molecule has 3 heterocycles. The number of carbonyl (C=O) groups is 2. The molecule has 2 aliphatic rings. The highest BCUT2D eigenvalue weighted by molar-refractivity contribution is 9.10. The number of thiazole rings is 1. The van der Waals surface area contributed by atoms with Crippen molar-refractivity contribution in [2.45, 2.75) is 16.2 Å². The number of benzene rings is 2. The number of phenols is 1. The van der Waals surface area contributed by atoms with Crippen molar-refractivity contribution in [1.82, 2.24) is 4.98 Å². The van der Waals surface area contributed by atoms with Crippen LogP contribution in [-0.4, -0.2) is 27.2 Å². The van der Waals surface area contributed by atoms with Gasteiger partial charge in [0.05, 0.1) is 16.6 Å². The van der Waals surface area contributed by atoms with Crippen LogP contribution in [-0.2, 0) is 9.59 Å². The number of rotatable bonds is 2. The average molecular weight is 489 g/mol. The van der Waals surface area contributed by atoms with E-state index in [2.05, 4.69) is 20.9 Å². The zero-order chi connectivity index (χ0) is 20.3. The minimum Gasteiger partial charge on any atom is -0.508 e. The third-order valence-electron chi connectivity index (χ3n) is 5.18. The van der Waals surface area contributed by atoms with Crippen LogP contribution in [0.3, 0.4) is 0 Å². The largest absolute Gasteiger partial charge is 0.508 e. The van der Waals surface area contributed by atoms with E-state index >= 15 is 0 Å². The number of hydrogen-bond acceptors (Lipinski definition) is 6. The SMILES string of the molecule is O=C1C2Sc3[nH]c(=O)sc3[C@H](c3ccccc3O)C2C(=O)N1c1ccc(Br)cc1.